The van der Waals surface area contributed by atoms with E-state index in [1.54, 1.807) is 0 Å². The molecule has 1 amide bonds. The predicted molar refractivity (Wildman–Crippen MR) is 76.4 cm³/mol. The summed E-state index contributed by atoms with van der Waals surface area (Å²) in [5, 5.41) is 0. The first-order chi connectivity index (χ1) is 8.77. The Bertz CT molecular complexity index is 223. The highest BCUT2D eigenvalue weighted by molar-refractivity contribution is 5.76. The summed E-state index contributed by atoms with van der Waals surface area (Å²) in [5.74, 6) is 0.961. The van der Waals surface area contributed by atoms with Crippen molar-refractivity contribution in [2.45, 2.75) is 64.7 Å². The standard InChI is InChI=1S/C15H30N2O/c1-2-3-11-17(12-10-16)15(18)13-14-8-6-4-5-7-9-14/h14H,2-13,16H2,1H3. The number of nitrogens with two attached hydrogens (primary N) is 1. The lowest BCUT2D eigenvalue weighted by Gasteiger charge is -2.24. The van der Waals surface area contributed by atoms with Gasteiger partial charge in [0.25, 0.3) is 0 Å². The summed E-state index contributed by atoms with van der Waals surface area (Å²) in [6.45, 7) is 4.36. The average molecular weight is 254 g/mol. The number of hydrogen-bond acceptors (Lipinski definition) is 2. The molecule has 0 unspecified atom stereocenters. The summed E-state index contributed by atoms with van der Waals surface area (Å²) >= 11 is 0. The number of nitrogens with zero attached hydrogens (tertiary/aromatic N) is 1. The summed E-state index contributed by atoms with van der Waals surface area (Å²) in [6, 6.07) is 0. The Morgan fingerprint density at radius 3 is 2.39 bits per heavy atom. The highest BCUT2D eigenvalue weighted by Crippen LogP contribution is 2.25. The third-order valence-electron chi connectivity index (χ3n) is 3.97. The maximum absolute atomic E-state index is 12.3. The fourth-order valence-corrected chi connectivity index (χ4v) is 2.81. The van der Waals surface area contributed by atoms with E-state index in [-0.39, 0.29) is 0 Å². The van der Waals surface area contributed by atoms with Crippen molar-refractivity contribution < 1.29 is 4.79 Å². The largest absolute Gasteiger partial charge is 0.341 e. The van der Waals surface area contributed by atoms with Gasteiger partial charge < -0.3 is 10.6 Å². The Kier molecular flexibility index (Phi) is 8.06. The van der Waals surface area contributed by atoms with Crippen molar-refractivity contribution >= 4 is 5.91 Å². The van der Waals surface area contributed by atoms with Crippen LogP contribution in [0, 0.1) is 5.92 Å². The van der Waals surface area contributed by atoms with Gasteiger partial charge in [0.2, 0.25) is 5.91 Å². The van der Waals surface area contributed by atoms with E-state index in [2.05, 4.69) is 6.92 Å². The molecule has 3 nitrogen and oxygen atoms in total. The monoisotopic (exact) mass is 254 g/mol. The summed E-state index contributed by atoms with van der Waals surface area (Å²) in [6.07, 6.45) is 10.8. The Labute approximate surface area is 112 Å². The minimum Gasteiger partial charge on any atom is -0.341 e. The first-order valence-electron chi connectivity index (χ1n) is 7.75. The summed E-state index contributed by atoms with van der Waals surface area (Å²) in [7, 11) is 0. The molecular formula is C15H30N2O. The zero-order valence-corrected chi connectivity index (χ0v) is 12.0. The quantitative estimate of drug-likeness (QED) is 0.710. The van der Waals surface area contributed by atoms with Crippen LogP contribution in [0.2, 0.25) is 0 Å². The van der Waals surface area contributed by atoms with Gasteiger partial charge >= 0.3 is 0 Å². The van der Waals surface area contributed by atoms with Crippen molar-refractivity contribution in [3.63, 3.8) is 0 Å². The van der Waals surface area contributed by atoms with Gasteiger partial charge in [-0.2, -0.15) is 0 Å². The molecule has 0 aromatic heterocycles. The Morgan fingerprint density at radius 1 is 1.17 bits per heavy atom. The smallest absolute Gasteiger partial charge is 0.222 e. The molecule has 0 radical (unpaired) electrons. The average Bonchev–Trinajstić information content (AvgIpc) is 2.63. The molecule has 0 bridgehead atoms. The molecule has 18 heavy (non-hydrogen) atoms. The van der Waals surface area contributed by atoms with Gasteiger partial charge in [-0.05, 0) is 25.2 Å². The van der Waals surface area contributed by atoms with Gasteiger partial charge in [-0.15, -0.1) is 0 Å². The van der Waals surface area contributed by atoms with E-state index in [9.17, 15) is 4.79 Å². The number of unbranched alkanes of at least 4 members (excludes halogenated alkanes) is 1. The van der Waals surface area contributed by atoms with Crippen molar-refractivity contribution in [1.29, 1.82) is 0 Å². The van der Waals surface area contributed by atoms with E-state index in [1.807, 2.05) is 4.90 Å². The molecule has 0 aliphatic heterocycles. The molecular weight excluding hydrogens is 224 g/mol. The molecule has 0 heterocycles. The van der Waals surface area contributed by atoms with Crippen molar-refractivity contribution in [3.8, 4) is 0 Å². The zero-order chi connectivity index (χ0) is 13.2. The normalized spacial score (nSPS) is 17.4. The van der Waals surface area contributed by atoms with Gasteiger partial charge in [-0.3, -0.25) is 4.79 Å². The predicted octanol–water partition coefficient (Wildman–Crippen LogP) is 2.93. The van der Waals surface area contributed by atoms with E-state index in [0.29, 0.717) is 18.4 Å². The molecule has 1 aliphatic carbocycles. The molecule has 0 atom stereocenters. The van der Waals surface area contributed by atoms with Crippen molar-refractivity contribution in [2.75, 3.05) is 19.6 Å². The van der Waals surface area contributed by atoms with E-state index >= 15 is 0 Å². The molecule has 1 rings (SSSR count). The van der Waals surface area contributed by atoms with Crippen LogP contribution in [-0.2, 0) is 4.79 Å². The van der Waals surface area contributed by atoms with Crippen LogP contribution in [0.1, 0.15) is 64.7 Å². The first-order valence-corrected chi connectivity index (χ1v) is 7.75. The van der Waals surface area contributed by atoms with E-state index < -0.39 is 0 Å². The highest BCUT2D eigenvalue weighted by Gasteiger charge is 2.19. The van der Waals surface area contributed by atoms with Crippen LogP contribution in [0.3, 0.4) is 0 Å². The fraction of sp³-hybridized carbons (Fsp3) is 0.933. The van der Waals surface area contributed by atoms with Crippen molar-refractivity contribution in [2.24, 2.45) is 11.7 Å². The molecule has 0 aromatic carbocycles. The molecule has 1 fully saturated rings. The number of hydrogen-bond donors (Lipinski definition) is 1. The van der Waals surface area contributed by atoms with Gasteiger partial charge in [0.1, 0.15) is 0 Å². The summed E-state index contributed by atoms with van der Waals surface area (Å²) < 4.78 is 0. The number of carbonyl (C=O) groups is 1. The maximum atomic E-state index is 12.3. The van der Waals surface area contributed by atoms with Crippen LogP contribution in [-0.4, -0.2) is 30.4 Å². The van der Waals surface area contributed by atoms with Crippen LogP contribution in [0.5, 0.6) is 0 Å². The van der Waals surface area contributed by atoms with Crippen LogP contribution in [0.4, 0.5) is 0 Å². The molecule has 3 heteroatoms. The maximum Gasteiger partial charge on any atom is 0.222 e. The minimum atomic E-state index is 0.334. The van der Waals surface area contributed by atoms with Crippen molar-refractivity contribution in [1.82, 2.24) is 4.90 Å². The van der Waals surface area contributed by atoms with Gasteiger partial charge in [-0.1, -0.05) is 39.0 Å². The van der Waals surface area contributed by atoms with Crippen molar-refractivity contribution in [3.05, 3.63) is 0 Å². The lowest BCUT2D eigenvalue weighted by Crippen LogP contribution is -2.37. The lowest BCUT2D eigenvalue weighted by atomic mass is 9.96. The third-order valence-corrected chi connectivity index (χ3v) is 3.97. The second-order valence-corrected chi connectivity index (χ2v) is 5.58. The van der Waals surface area contributed by atoms with Crippen LogP contribution in [0.25, 0.3) is 0 Å². The molecule has 0 saturated heterocycles. The second kappa shape index (κ2) is 9.37. The molecule has 1 saturated carbocycles. The van der Waals surface area contributed by atoms with E-state index in [1.165, 1.54) is 38.5 Å². The molecule has 2 N–H and O–H groups in total. The fourth-order valence-electron chi connectivity index (χ4n) is 2.81. The number of rotatable bonds is 7. The first kappa shape index (κ1) is 15.5. The zero-order valence-electron chi connectivity index (χ0n) is 12.0. The van der Waals surface area contributed by atoms with Gasteiger partial charge in [0.15, 0.2) is 0 Å². The number of amides is 1. The van der Waals surface area contributed by atoms with Crippen LogP contribution < -0.4 is 5.73 Å². The molecule has 1 aliphatic rings. The highest BCUT2D eigenvalue weighted by atomic mass is 16.2. The topological polar surface area (TPSA) is 46.3 Å². The van der Waals surface area contributed by atoms with E-state index in [4.69, 9.17) is 5.73 Å². The Balaban J connectivity index is 2.38. The Hall–Kier alpha value is -0.570. The summed E-state index contributed by atoms with van der Waals surface area (Å²) in [4.78, 5) is 14.3. The number of carbonyl (C=O) groups excluding carboxylic acids is 1. The SMILES string of the molecule is CCCCN(CCN)C(=O)CC1CCCCCC1. The van der Waals surface area contributed by atoms with Gasteiger partial charge in [0, 0.05) is 26.1 Å². The Morgan fingerprint density at radius 2 is 1.83 bits per heavy atom. The third kappa shape index (κ3) is 5.85. The van der Waals surface area contributed by atoms with E-state index in [0.717, 1.165) is 32.4 Å². The van der Waals surface area contributed by atoms with Gasteiger partial charge in [0.05, 0.1) is 0 Å². The van der Waals surface area contributed by atoms with Gasteiger partial charge in [-0.25, -0.2) is 0 Å². The second-order valence-electron chi connectivity index (χ2n) is 5.58. The minimum absolute atomic E-state index is 0.334. The molecule has 0 aromatic rings. The van der Waals surface area contributed by atoms with Crippen LogP contribution in [0.15, 0.2) is 0 Å². The van der Waals surface area contributed by atoms with Crippen LogP contribution >= 0.6 is 0 Å². The summed E-state index contributed by atoms with van der Waals surface area (Å²) in [5.41, 5.74) is 5.60. The lowest BCUT2D eigenvalue weighted by molar-refractivity contribution is -0.132. The molecule has 0 spiro atoms. The molecule has 106 valence electrons.